The summed E-state index contributed by atoms with van der Waals surface area (Å²) in [6.45, 7) is 0.226. The zero-order chi connectivity index (χ0) is 13.7. The summed E-state index contributed by atoms with van der Waals surface area (Å²) in [4.78, 5) is 17.1. The lowest BCUT2D eigenvalue weighted by Crippen LogP contribution is -2.37. The molecule has 98 valence electrons. The van der Waals surface area contributed by atoms with E-state index < -0.39 is 5.91 Å². The minimum atomic E-state index is -0.446. The topological polar surface area (TPSA) is 55.6 Å². The minimum absolute atomic E-state index is 0.226. The standard InChI is InChI=1S/C14H13ClN2O2/c15-13-8-4-7-12(9-13)14(18)17(16)19-10-11-5-2-1-3-6-11/h1-9H,10,16H2. The molecule has 0 fully saturated rings. The molecule has 0 saturated heterocycles. The smallest absolute Gasteiger partial charge is 0.265 e. The molecule has 1 amide bonds. The normalized spacial score (nSPS) is 10.2. The molecule has 19 heavy (non-hydrogen) atoms. The van der Waals surface area contributed by atoms with E-state index in [1.54, 1.807) is 18.2 Å². The van der Waals surface area contributed by atoms with Crippen molar-refractivity contribution in [3.8, 4) is 0 Å². The van der Waals surface area contributed by atoms with Gasteiger partial charge in [-0.3, -0.25) is 9.63 Å². The monoisotopic (exact) mass is 276 g/mol. The van der Waals surface area contributed by atoms with Crippen molar-refractivity contribution in [2.24, 2.45) is 5.84 Å². The quantitative estimate of drug-likeness (QED) is 0.531. The first-order chi connectivity index (χ1) is 9.16. The maximum atomic E-state index is 11.9. The van der Waals surface area contributed by atoms with Crippen LogP contribution in [0.5, 0.6) is 0 Å². The van der Waals surface area contributed by atoms with E-state index in [1.807, 2.05) is 30.3 Å². The first-order valence-corrected chi connectivity index (χ1v) is 6.06. The van der Waals surface area contributed by atoms with Gasteiger partial charge in [0.05, 0.1) is 0 Å². The number of nitrogens with zero attached hydrogens (tertiary/aromatic N) is 1. The Bertz CT molecular complexity index is 560. The highest BCUT2D eigenvalue weighted by Gasteiger charge is 2.13. The summed E-state index contributed by atoms with van der Waals surface area (Å²) < 4.78 is 0. The van der Waals surface area contributed by atoms with Gasteiger partial charge in [0.2, 0.25) is 0 Å². The van der Waals surface area contributed by atoms with Crippen LogP contribution in [-0.2, 0) is 11.4 Å². The maximum absolute atomic E-state index is 11.9. The molecule has 4 nitrogen and oxygen atoms in total. The highest BCUT2D eigenvalue weighted by atomic mass is 35.5. The van der Waals surface area contributed by atoms with Gasteiger partial charge in [0.15, 0.2) is 0 Å². The van der Waals surface area contributed by atoms with Crippen LogP contribution in [-0.4, -0.2) is 11.1 Å². The van der Waals surface area contributed by atoms with E-state index in [0.29, 0.717) is 10.6 Å². The van der Waals surface area contributed by atoms with Crippen LogP contribution >= 0.6 is 11.6 Å². The second-order valence-corrected chi connectivity index (χ2v) is 4.34. The number of rotatable bonds is 4. The average Bonchev–Trinajstić information content (AvgIpc) is 2.45. The molecular formula is C14H13ClN2O2. The second kappa shape index (κ2) is 6.33. The van der Waals surface area contributed by atoms with Crippen LogP contribution in [0, 0.1) is 0 Å². The number of nitrogens with two attached hydrogens (primary N) is 1. The lowest BCUT2D eigenvalue weighted by molar-refractivity contribution is -0.135. The summed E-state index contributed by atoms with van der Waals surface area (Å²) in [6, 6.07) is 16.0. The van der Waals surface area contributed by atoms with Gasteiger partial charge in [-0.25, -0.2) is 5.84 Å². The van der Waals surface area contributed by atoms with Crippen LogP contribution in [0.2, 0.25) is 5.02 Å². The molecule has 0 aliphatic carbocycles. The van der Waals surface area contributed by atoms with Gasteiger partial charge in [-0.05, 0) is 23.8 Å². The third kappa shape index (κ3) is 3.79. The number of carbonyl (C=O) groups excluding carboxylic acids is 1. The van der Waals surface area contributed by atoms with Crippen molar-refractivity contribution in [1.82, 2.24) is 5.17 Å². The summed E-state index contributed by atoms with van der Waals surface area (Å²) >= 11 is 5.81. The molecule has 0 aliphatic rings. The number of hydroxylamine groups is 1. The molecule has 2 aromatic carbocycles. The lowest BCUT2D eigenvalue weighted by Gasteiger charge is -2.16. The Labute approximate surface area is 116 Å². The van der Waals surface area contributed by atoms with Crippen LogP contribution in [0.15, 0.2) is 54.6 Å². The van der Waals surface area contributed by atoms with Gasteiger partial charge in [0.1, 0.15) is 6.61 Å². The van der Waals surface area contributed by atoms with Crippen LogP contribution in [0.25, 0.3) is 0 Å². The molecule has 5 heteroatoms. The van der Waals surface area contributed by atoms with Crippen molar-refractivity contribution in [3.05, 3.63) is 70.7 Å². The fourth-order valence-electron chi connectivity index (χ4n) is 1.53. The summed E-state index contributed by atoms with van der Waals surface area (Å²) in [5.74, 6) is 5.12. The molecule has 0 radical (unpaired) electrons. The van der Waals surface area contributed by atoms with Crippen LogP contribution in [0.4, 0.5) is 0 Å². The number of hydrogen-bond donors (Lipinski definition) is 1. The van der Waals surface area contributed by atoms with E-state index >= 15 is 0 Å². The largest absolute Gasteiger partial charge is 0.292 e. The number of carbonyl (C=O) groups is 1. The second-order valence-electron chi connectivity index (χ2n) is 3.90. The number of hydrazine groups is 1. The van der Waals surface area contributed by atoms with E-state index in [4.69, 9.17) is 22.3 Å². The highest BCUT2D eigenvalue weighted by Crippen LogP contribution is 2.12. The number of amides is 1. The lowest BCUT2D eigenvalue weighted by atomic mass is 10.2. The number of benzene rings is 2. The summed E-state index contributed by atoms with van der Waals surface area (Å²) in [7, 11) is 0. The summed E-state index contributed by atoms with van der Waals surface area (Å²) in [5.41, 5.74) is 1.31. The third-order valence-corrected chi connectivity index (χ3v) is 2.72. The van der Waals surface area contributed by atoms with Crippen molar-refractivity contribution in [2.45, 2.75) is 6.61 Å². The van der Waals surface area contributed by atoms with Crippen molar-refractivity contribution < 1.29 is 9.63 Å². The first kappa shape index (κ1) is 13.5. The molecule has 2 N–H and O–H groups in total. The Balaban J connectivity index is 1.96. The van der Waals surface area contributed by atoms with Gasteiger partial charge < -0.3 is 0 Å². The molecule has 0 heterocycles. The predicted octanol–water partition coefficient (Wildman–Crippen LogP) is 2.79. The van der Waals surface area contributed by atoms with Crippen LogP contribution < -0.4 is 5.84 Å². The van der Waals surface area contributed by atoms with E-state index in [9.17, 15) is 4.79 Å². The minimum Gasteiger partial charge on any atom is -0.265 e. The summed E-state index contributed by atoms with van der Waals surface area (Å²) in [6.07, 6.45) is 0. The van der Waals surface area contributed by atoms with Crippen molar-refractivity contribution in [2.75, 3.05) is 0 Å². The van der Waals surface area contributed by atoms with Crippen LogP contribution in [0.1, 0.15) is 15.9 Å². The van der Waals surface area contributed by atoms with E-state index in [0.717, 1.165) is 10.7 Å². The highest BCUT2D eigenvalue weighted by molar-refractivity contribution is 6.30. The van der Waals surface area contributed by atoms with E-state index in [-0.39, 0.29) is 6.61 Å². The predicted molar refractivity (Wildman–Crippen MR) is 73.0 cm³/mol. The van der Waals surface area contributed by atoms with Crippen molar-refractivity contribution in [3.63, 3.8) is 0 Å². The molecule has 0 bridgehead atoms. The molecular weight excluding hydrogens is 264 g/mol. The van der Waals surface area contributed by atoms with Crippen LogP contribution in [0.3, 0.4) is 0 Å². The van der Waals surface area contributed by atoms with Gasteiger partial charge in [-0.2, -0.15) is 0 Å². The fourth-order valence-corrected chi connectivity index (χ4v) is 1.72. The van der Waals surface area contributed by atoms with Crippen molar-refractivity contribution >= 4 is 17.5 Å². The molecule has 0 spiro atoms. The molecule has 0 aliphatic heterocycles. The molecule has 0 aromatic heterocycles. The zero-order valence-corrected chi connectivity index (χ0v) is 10.9. The molecule has 2 aromatic rings. The maximum Gasteiger partial charge on any atom is 0.292 e. The fraction of sp³-hybridized carbons (Fsp3) is 0.0714. The Morgan fingerprint density at radius 3 is 2.58 bits per heavy atom. The SMILES string of the molecule is NN(OCc1ccccc1)C(=O)c1cccc(Cl)c1. The molecule has 2 rings (SSSR count). The summed E-state index contributed by atoms with van der Waals surface area (Å²) in [5, 5.41) is 1.20. The number of hydrogen-bond acceptors (Lipinski definition) is 3. The van der Waals surface area contributed by atoms with Gasteiger partial charge in [0.25, 0.3) is 5.91 Å². The van der Waals surface area contributed by atoms with Gasteiger partial charge in [-0.15, -0.1) is 5.17 Å². The van der Waals surface area contributed by atoms with Gasteiger partial charge in [-0.1, -0.05) is 48.0 Å². The first-order valence-electron chi connectivity index (χ1n) is 5.68. The Morgan fingerprint density at radius 1 is 1.16 bits per heavy atom. The number of halogens is 1. The Hall–Kier alpha value is -1.88. The molecule has 0 unspecified atom stereocenters. The van der Waals surface area contributed by atoms with E-state index in [1.165, 1.54) is 6.07 Å². The third-order valence-electron chi connectivity index (χ3n) is 2.48. The molecule has 0 atom stereocenters. The Morgan fingerprint density at radius 2 is 1.89 bits per heavy atom. The van der Waals surface area contributed by atoms with E-state index in [2.05, 4.69) is 0 Å². The van der Waals surface area contributed by atoms with Gasteiger partial charge in [0, 0.05) is 10.6 Å². The molecule has 0 saturated carbocycles. The van der Waals surface area contributed by atoms with Crippen molar-refractivity contribution in [1.29, 1.82) is 0 Å². The average molecular weight is 277 g/mol. The zero-order valence-electron chi connectivity index (χ0n) is 10.1. The van der Waals surface area contributed by atoms with Gasteiger partial charge >= 0.3 is 0 Å². The Kier molecular flexibility index (Phi) is 4.52.